The number of hydrogen-bond acceptors (Lipinski definition) is 5. The van der Waals surface area contributed by atoms with Gasteiger partial charge in [-0.2, -0.15) is 0 Å². The summed E-state index contributed by atoms with van der Waals surface area (Å²) in [5, 5.41) is 18.6. The van der Waals surface area contributed by atoms with Crippen molar-refractivity contribution >= 4 is 71.2 Å². The Hall–Kier alpha value is -3.33. The van der Waals surface area contributed by atoms with E-state index in [9.17, 15) is 13.5 Å². The zero-order valence-corrected chi connectivity index (χ0v) is 20.6. The molecule has 0 unspecified atom stereocenters. The van der Waals surface area contributed by atoms with E-state index in [1.54, 1.807) is 6.07 Å². The molecular weight excluding hydrogens is 466 g/mol. The van der Waals surface area contributed by atoms with Gasteiger partial charge in [0.15, 0.2) is 0 Å². The zero-order valence-electron chi connectivity index (χ0n) is 18.9. The lowest BCUT2D eigenvalue weighted by molar-refractivity contribution is 0.282. The van der Waals surface area contributed by atoms with Gasteiger partial charge in [-0.25, -0.2) is 13.4 Å². The number of anilines is 3. The lowest BCUT2D eigenvalue weighted by Crippen LogP contribution is -2.16. The van der Waals surface area contributed by atoms with Crippen molar-refractivity contribution in [2.24, 2.45) is 0 Å². The fourth-order valence-corrected chi connectivity index (χ4v) is 4.69. The highest BCUT2D eigenvalue weighted by Crippen LogP contribution is 2.37. The highest BCUT2D eigenvalue weighted by atomic mass is 32.1. The van der Waals surface area contributed by atoms with Crippen LogP contribution in [0, 0.1) is 0 Å². The number of fused-ring (bicyclic) bond motifs is 2. The number of aromatic nitrogens is 1. The van der Waals surface area contributed by atoms with E-state index in [2.05, 4.69) is 10.6 Å². The van der Waals surface area contributed by atoms with Gasteiger partial charge in [-0.15, -0.1) is 0 Å². The molecule has 1 heterocycles. The fraction of sp³-hybridized carbons (Fsp3) is 0.192. The minimum atomic E-state index is -0.181. The molecular formula is C26H25N3O3S2. The molecule has 4 rings (SSSR count). The van der Waals surface area contributed by atoms with Crippen molar-refractivity contribution in [1.29, 1.82) is 0 Å². The summed E-state index contributed by atoms with van der Waals surface area (Å²) in [6.45, 7) is 3.64. The van der Waals surface area contributed by atoms with Crippen LogP contribution in [0.25, 0.3) is 21.8 Å². The molecule has 0 saturated heterocycles. The normalized spacial score (nSPS) is 10.8. The van der Waals surface area contributed by atoms with E-state index in [4.69, 9.17) is 4.98 Å². The highest BCUT2D eigenvalue weighted by Gasteiger charge is 2.19. The number of rotatable bonds is 7. The van der Waals surface area contributed by atoms with E-state index in [-0.39, 0.29) is 6.61 Å². The van der Waals surface area contributed by atoms with Crippen LogP contribution in [0.5, 0.6) is 0 Å². The van der Waals surface area contributed by atoms with E-state index < -0.39 is 0 Å². The summed E-state index contributed by atoms with van der Waals surface area (Å²) in [5.74, 6) is 0. The Kier molecular flexibility index (Phi) is 7.52. The standard InChI is InChI=1S/C26H25N3O3S2/c1-3-23(33-31)25-21(28-24(4-2)34-32)13-16(15-30)14-22(25)29-26-17-9-5-7-11-19(17)27-20-12-8-6-10-18(20)26/h5-14,28,30H,3-4,15H2,1-2H3,(H,27,29). The Bertz CT molecular complexity index is 1440. The number of aliphatic hydroxyl groups excluding tert-OH is 1. The maximum absolute atomic E-state index is 12.1. The molecule has 0 saturated carbocycles. The van der Waals surface area contributed by atoms with Crippen LogP contribution in [-0.4, -0.2) is 28.4 Å². The number of hydrogen-bond donors (Lipinski definition) is 3. The largest absolute Gasteiger partial charge is 0.392 e. The quantitative estimate of drug-likeness (QED) is 0.193. The number of benzene rings is 3. The predicted molar refractivity (Wildman–Crippen MR) is 145 cm³/mol. The number of nitrogens with zero attached hydrogens (tertiary/aromatic N) is 1. The average Bonchev–Trinajstić information content (AvgIpc) is 2.88. The van der Waals surface area contributed by atoms with Crippen molar-refractivity contribution < 1.29 is 13.5 Å². The average molecular weight is 492 g/mol. The van der Waals surface area contributed by atoms with Crippen molar-refractivity contribution in [2.45, 2.75) is 33.3 Å². The predicted octanol–water partition coefficient (Wildman–Crippen LogP) is 4.93. The summed E-state index contributed by atoms with van der Waals surface area (Å²) in [4.78, 5) is 5.95. The Morgan fingerprint density at radius 3 is 2.03 bits per heavy atom. The maximum atomic E-state index is 12.1. The number of pyridine rings is 1. The fourth-order valence-electron chi connectivity index (χ4n) is 4.00. The SMILES string of the molecule is CCC(Nc1cc(CO)cc(Nc2c3ccccc3nc3ccccc23)c1C(CC)=S=O)=S=O. The Balaban J connectivity index is 2.02. The van der Waals surface area contributed by atoms with Gasteiger partial charge < -0.3 is 15.7 Å². The molecule has 0 bridgehead atoms. The Morgan fingerprint density at radius 1 is 0.882 bits per heavy atom. The summed E-state index contributed by atoms with van der Waals surface area (Å²) >= 11 is 0.840. The van der Waals surface area contributed by atoms with Gasteiger partial charge in [0.1, 0.15) is 16.2 Å². The molecule has 3 N–H and O–H groups in total. The number of nitrogens with one attached hydrogen (secondary N) is 2. The van der Waals surface area contributed by atoms with Gasteiger partial charge >= 0.3 is 0 Å². The van der Waals surface area contributed by atoms with Crippen LogP contribution in [0.2, 0.25) is 0 Å². The van der Waals surface area contributed by atoms with Crippen molar-refractivity contribution in [3.8, 4) is 0 Å². The molecule has 4 aromatic rings. The van der Waals surface area contributed by atoms with Crippen LogP contribution in [0.4, 0.5) is 17.1 Å². The number of aliphatic hydroxyl groups is 1. The lowest BCUT2D eigenvalue weighted by atomic mass is 10.0. The molecule has 0 aliphatic rings. The topological polar surface area (TPSA) is 91.3 Å². The minimum absolute atomic E-state index is 0.181. The highest BCUT2D eigenvalue weighted by molar-refractivity contribution is 7.67. The molecule has 34 heavy (non-hydrogen) atoms. The van der Waals surface area contributed by atoms with E-state index >= 15 is 0 Å². The zero-order chi connectivity index (χ0) is 24.1. The Labute approximate surface area is 205 Å². The summed E-state index contributed by atoms with van der Waals surface area (Å²) in [5.41, 5.74) is 5.24. The van der Waals surface area contributed by atoms with Crippen LogP contribution in [0.1, 0.15) is 37.8 Å². The molecule has 1 aromatic heterocycles. The summed E-state index contributed by atoms with van der Waals surface area (Å²) in [6, 6.07) is 19.4. The first kappa shape index (κ1) is 23.8. The van der Waals surface area contributed by atoms with Crippen molar-refractivity contribution in [1.82, 2.24) is 4.98 Å². The molecule has 0 spiro atoms. The monoisotopic (exact) mass is 491 g/mol. The molecule has 0 fully saturated rings. The second-order valence-corrected chi connectivity index (χ2v) is 9.03. The lowest BCUT2D eigenvalue weighted by Gasteiger charge is -2.21. The van der Waals surface area contributed by atoms with Crippen molar-refractivity contribution in [3.05, 3.63) is 71.8 Å². The molecule has 0 aliphatic carbocycles. The van der Waals surface area contributed by atoms with E-state index in [1.165, 1.54) is 0 Å². The third kappa shape index (κ3) is 4.65. The molecule has 3 aromatic carbocycles. The summed E-state index contributed by atoms with van der Waals surface area (Å²) in [7, 11) is 0. The van der Waals surface area contributed by atoms with Gasteiger partial charge in [-0.3, -0.25) is 0 Å². The first-order chi connectivity index (χ1) is 16.6. The molecule has 0 aliphatic heterocycles. The van der Waals surface area contributed by atoms with Crippen molar-refractivity contribution in [3.63, 3.8) is 0 Å². The third-order valence-electron chi connectivity index (χ3n) is 5.62. The summed E-state index contributed by atoms with van der Waals surface area (Å²) < 4.78 is 23.7. The van der Waals surface area contributed by atoms with Gasteiger partial charge in [0.05, 0.1) is 39.4 Å². The van der Waals surface area contributed by atoms with Crippen LogP contribution in [-0.2, 0) is 29.1 Å². The second kappa shape index (κ2) is 10.7. The molecule has 6 nitrogen and oxygen atoms in total. The smallest absolute Gasteiger partial charge is 0.110 e. The van der Waals surface area contributed by atoms with Crippen molar-refractivity contribution in [2.75, 3.05) is 10.6 Å². The molecule has 174 valence electrons. The minimum Gasteiger partial charge on any atom is -0.392 e. The van der Waals surface area contributed by atoms with Crippen LogP contribution >= 0.6 is 0 Å². The van der Waals surface area contributed by atoms with E-state index in [0.717, 1.165) is 27.5 Å². The first-order valence-electron chi connectivity index (χ1n) is 11.0. The Morgan fingerprint density at radius 2 is 1.50 bits per heavy atom. The molecule has 0 atom stereocenters. The van der Waals surface area contributed by atoms with Crippen LogP contribution in [0.15, 0.2) is 60.7 Å². The third-order valence-corrected chi connectivity index (χ3v) is 6.91. The number of para-hydroxylation sites is 2. The van der Waals surface area contributed by atoms with Gasteiger partial charge in [0, 0.05) is 27.7 Å². The van der Waals surface area contributed by atoms with Crippen LogP contribution < -0.4 is 10.6 Å². The van der Waals surface area contributed by atoms with Gasteiger partial charge in [-0.05, 0) is 42.7 Å². The molecule has 0 amide bonds. The second-order valence-electron chi connectivity index (χ2n) is 7.72. The van der Waals surface area contributed by atoms with Gasteiger partial charge in [0.25, 0.3) is 0 Å². The van der Waals surface area contributed by atoms with Crippen LogP contribution in [0.3, 0.4) is 0 Å². The van der Waals surface area contributed by atoms with Gasteiger partial charge in [0.2, 0.25) is 0 Å². The molecule has 8 heteroatoms. The summed E-state index contributed by atoms with van der Waals surface area (Å²) in [6.07, 6.45) is 1.06. The molecule has 0 radical (unpaired) electrons. The maximum Gasteiger partial charge on any atom is 0.110 e. The van der Waals surface area contributed by atoms with Gasteiger partial charge in [-0.1, -0.05) is 50.2 Å². The van der Waals surface area contributed by atoms with E-state index in [0.29, 0.717) is 67.7 Å². The first-order valence-corrected chi connectivity index (χ1v) is 12.5. The van der Waals surface area contributed by atoms with E-state index in [1.807, 2.05) is 68.4 Å².